The van der Waals surface area contributed by atoms with Gasteiger partial charge in [-0.2, -0.15) is 5.10 Å². The Kier molecular flexibility index (Phi) is 5.83. The number of hydrogen-bond donors (Lipinski definition) is 1. The number of methoxy groups -OCH3 is 1. The van der Waals surface area contributed by atoms with Gasteiger partial charge in [-0.3, -0.25) is 20.0 Å². The van der Waals surface area contributed by atoms with Crippen molar-refractivity contribution in [3.05, 3.63) is 57.8 Å². The van der Waals surface area contributed by atoms with Gasteiger partial charge >= 0.3 is 5.69 Å². The van der Waals surface area contributed by atoms with Gasteiger partial charge in [0, 0.05) is 18.4 Å². The number of nitro groups is 1. The van der Waals surface area contributed by atoms with Crippen molar-refractivity contribution in [2.45, 2.75) is 12.8 Å². The Morgan fingerprint density at radius 3 is 2.84 bits per heavy atom. The Balaban J connectivity index is 1.58. The minimum atomic E-state index is -0.488. The Hall–Kier alpha value is -3.88. The number of aromatic amines is 1. The summed E-state index contributed by atoms with van der Waals surface area (Å²) in [5, 5.41) is 19.9. The van der Waals surface area contributed by atoms with Crippen LogP contribution in [-0.4, -0.2) is 52.7 Å². The van der Waals surface area contributed by atoms with Crippen molar-refractivity contribution in [3.63, 3.8) is 0 Å². The van der Waals surface area contributed by atoms with E-state index in [1.807, 2.05) is 24.3 Å². The molecule has 0 atom stereocenters. The van der Waals surface area contributed by atoms with E-state index in [0.717, 1.165) is 17.3 Å². The highest BCUT2D eigenvalue weighted by Crippen LogP contribution is 2.40. The molecule has 1 aromatic heterocycles. The molecule has 2 heterocycles. The molecule has 2 aromatic carbocycles. The molecule has 31 heavy (non-hydrogen) atoms. The summed E-state index contributed by atoms with van der Waals surface area (Å²) in [4.78, 5) is 24.8. The molecule has 0 bridgehead atoms. The largest absolute Gasteiger partial charge is 0.488 e. The number of likely N-dealkylation sites (tertiary alicyclic amines) is 1. The van der Waals surface area contributed by atoms with Crippen LogP contribution in [0.2, 0.25) is 0 Å². The average Bonchev–Trinajstić information content (AvgIpc) is 3.38. The molecule has 0 unspecified atom stereocenters. The van der Waals surface area contributed by atoms with E-state index in [1.165, 1.54) is 7.11 Å². The van der Waals surface area contributed by atoms with Crippen LogP contribution in [0.25, 0.3) is 23.1 Å². The zero-order chi connectivity index (χ0) is 21.8. The zero-order valence-corrected chi connectivity index (χ0v) is 17.0. The Morgan fingerprint density at radius 2 is 2.10 bits per heavy atom. The molecule has 9 heteroatoms. The van der Waals surface area contributed by atoms with Gasteiger partial charge in [0.05, 0.1) is 35.4 Å². The molecular formula is C22H22N4O5. The lowest BCUT2D eigenvalue weighted by Gasteiger charge is -2.17. The SMILES string of the molecule is COc1c(OCCN2CCCC2=O)ccc(C=Cc2n[nH]c3ccccc23)c1[N+](=O)[O-]. The predicted molar refractivity (Wildman–Crippen MR) is 116 cm³/mol. The molecule has 0 saturated carbocycles. The van der Waals surface area contributed by atoms with E-state index in [9.17, 15) is 14.9 Å². The molecule has 4 rings (SSSR count). The summed E-state index contributed by atoms with van der Waals surface area (Å²) in [5.41, 5.74) is 1.75. The molecular weight excluding hydrogens is 400 g/mol. The van der Waals surface area contributed by atoms with Crippen molar-refractivity contribution in [2.75, 3.05) is 26.8 Å². The summed E-state index contributed by atoms with van der Waals surface area (Å²) >= 11 is 0. The molecule has 0 aliphatic carbocycles. The zero-order valence-electron chi connectivity index (χ0n) is 17.0. The second kappa shape index (κ2) is 8.86. The van der Waals surface area contributed by atoms with Gasteiger partial charge in [0.15, 0.2) is 5.75 Å². The molecule has 3 aromatic rings. The minimum Gasteiger partial charge on any atom is -0.488 e. The van der Waals surface area contributed by atoms with Crippen molar-refractivity contribution in [1.29, 1.82) is 0 Å². The summed E-state index contributed by atoms with van der Waals surface area (Å²) in [7, 11) is 1.37. The number of rotatable bonds is 8. The van der Waals surface area contributed by atoms with Crippen LogP contribution < -0.4 is 9.47 Å². The monoisotopic (exact) mass is 422 g/mol. The van der Waals surface area contributed by atoms with Crippen LogP contribution in [0.5, 0.6) is 11.5 Å². The predicted octanol–water partition coefficient (Wildman–Crippen LogP) is 3.65. The Labute approximate surface area is 178 Å². The number of aromatic nitrogens is 2. The Bertz CT molecular complexity index is 1150. The van der Waals surface area contributed by atoms with Crippen LogP contribution in [0, 0.1) is 10.1 Å². The number of H-pyrrole nitrogens is 1. The quantitative estimate of drug-likeness (QED) is 0.438. The maximum atomic E-state index is 11.8. The Morgan fingerprint density at radius 1 is 1.26 bits per heavy atom. The van der Waals surface area contributed by atoms with Crippen LogP contribution in [0.1, 0.15) is 24.1 Å². The van der Waals surface area contributed by atoms with E-state index in [2.05, 4.69) is 10.2 Å². The molecule has 0 radical (unpaired) electrons. The second-order valence-electron chi connectivity index (χ2n) is 7.11. The molecule has 1 fully saturated rings. The van der Waals surface area contributed by atoms with Crippen LogP contribution in [0.4, 0.5) is 5.69 Å². The maximum Gasteiger partial charge on any atom is 0.322 e. The number of para-hydroxylation sites is 1. The summed E-state index contributed by atoms with van der Waals surface area (Å²) in [6, 6.07) is 10.9. The number of nitro benzene ring substituents is 1. The van der Waals surface area contributed by atoms with Gasteiger partial charge in [0.2, 0.25) is 11.7 Å². The highest BCUT2D eigenvalue weighted by Gasteiger charge is 2.25. The van der Waals surface area contributed by atoms with Gasteiger partial charge in [0.1, 0.15) is 6.61 Å². The van der Waals surface area contributed by atoms with Crippen molar-refractivity contribution < 1.29 is 19.2 Å². The van der Waals surface area contributed by atoms with Crippen molar-refractivity contribution in [3.8, 4) is 11.5 Å². The van der Waals surface area contributed by atoms with Gasteiger partial charge in [0.25, 0.3) is 0 Å². The smallest absolute Gasteiger partial charge is 0.322 e. The fourth-order valence-corrected chi connectivity index (χ4v) is 3.69. The van der Waals surface area contributed by atoms with Gasteiger partial charge in [-0.15, -0.1) is 0 Å². The van der Waals surface area contributed by atoms with Crippen molar-refractivity contribution >= 4 is 34.6 Å². The van der Waals surface area contributed by atoms with Gasteiger partial charge in [-0.1, -0.05) is 18.2 Å². The number of fused-ring (bicyclic) bond motifs is 1. The first-order valence-electron chi connectivity index (χ1n) is 9.95. The third kappa shape index (κ3) is 4.20. The van der Waals surface area contributed by atoms with Crippen molar-refractivity contribution in [1.82, 2.24) is 15.1 Å². The highest BCUT2D eigenvalue weighted by atomic mass is 16.6. The van der Waals surface area contributed by atoms with Gasteiger partial charge in [-0.05, 0) is 36.8 Å². The summed E-state index contributed by atoms with van der Waals surface area (Å²) in [6.45, 7) is 1.38. The normalized spacial score (nSPS) is 14.0. The topological polar surface area (TPSA) is 111 Å². The molecule has 9 nitrogen and oxygen atoms in total. The lowest BCUT2D eigenvalue weighted by Crippen LogP contribution is -2.29. The van der Waals surface area contributed by atoms with Gasteiger partial charge in [-0.25, -0.2) is 0 Å². The first-order valence-corrected chi connectivity index (χ1v) is 9.95. The first kappa shape index (κ1) is 20.4. The molecule has 1 aliphatic heterocycles. The van der Waals surface area contributed by atoms with E-state index in [4.69, 9.17) is 9.47 Å². The summed E-state index contributed by atoms with van der Waals surface area (Å²) < 4.78 is 11.1. The minimum absolute atomic E-state index is 0.0479. The third-order valence-electron chi connectivity index (χ3n) is 5.22. The molecule has 1 aliphatic rings. The van der Waals surface area contributed by atoms with E-state index in [1.54, 1.807) is 29.2 Å². The lowest BCUT2D eigenvalue weighted by molar-refractivity contribution is -0.386. The number of nitrogens with zero attached hydrogens (tertiary/aromatic N) is 3. The van der Waals surface area contributed by atoms with Gasteiger partial charge < -0.3 is 14.4 Å². The van der Waals surface area contributed by atoms with E-state index in [-0.39, 0.29) is 29.7 Å². The lowest BCUT2D eigenvalue weighted by atomic mass is 10.1. The molecule has 1 saturated heterocycles. The average molecular weight is 422 g/mol. The second-order valence-corrected chi connectivity index (χ2v) is 7.11. The van der Waals surface area contributed by atoms with Crippen LogP contribution >= 0.6 is 0 Å². The molecule has 1 amide bonds. The first-order chi connectivity index (χ1) is 15.1. The number of nitrogens with one attached hydrogen (secondary N) is 1. The number of carbonyl (C=O) groups excluding carboxylic acids is 1. The molecule has 160 valence electrons. The fourth-order valence-electron chi connectivity index (χ4n) is 3.69. The van der Waals surface area contributed by atoms with Crippen LogP contribution in [-0.2, 0) is 4.79 Å². The maximum absolute atomic E-state index is 11.8. The number of amides is 1. The fraction of sp³-hybridized carbons (Fsp3) is 0.273. The highest BCUT2D eigenvalue weighted by molar-refractivity contribution is 5.90. The number of benzene rings is 2. The number of ether oxygens (including phenoxy) is 2. The number of hydrogen-bond acceptors (Lipinski definition) is 6. The van der Waals surface area contributed by atoms with Crippen molar-refractivity contribution in [2.24, 2.45) is 0 Å². The number of carbonyl (C=O) groups is 1. The van der Waals surface area contributed by atoms with E-state index < -0.39 is 4.92 Å². The summed E-state index contributed by atoms with van der Waals surface area (Å²) in [5.74, 6) is 0.419. The molecule has 0 spiro atoms. The third-order valence-corrected chi connectivity index (χ3v) is 5.22. The summed E-state index contributed by atoms with van der Waals surface area (Å²) in [6.07, 6.45) is 4.76. The van der Waals surface area contributed by atoms with Crippen LogP contribution in [0.3, 0.4) is 0 Å². The van der Waals surface area contributed by atoms with E-state index in [0.29, 0.717) is 30.8 Å². The molecule has 1 N–H and O–H groups in total. The van der Waals surface area contributed by atoms with E-state index >= 15 is 0 Å². The standard InChI is InChI=1S/C22H22N4O5/c1-30-22-19(31-14-13-25-12-4-7-20(25)27)11-9-15(21(22)26(28)29)8-10-18-16-5-2-3-6-17(16)23-24-18/h2-3,5-6,8-11H,4,7,12-14H2,1H3,(H,23,24). The van der Waals surface area contributed by atoms with Crippen LogP contribution in [0.15, 0.2) is 36.4 Å².